The van der Waals surface area contributed by atoms with E-state index < -0.39 is 0 Å². The van der Waals surface area contributed by atoms with Crippen LogP contribution in [0.1, 0.15) is 27.7 Å². The molecule has 0 bridgehead atoms. The largest absolute Gasteiger partial charge is 0.376 e. The molecule has 1 aliphatic heterocycles. The molecule has 1 saturated heterocycles. The first-order valence-electron chi connectivity index (χ1n) is 4.24. The Morgan fingerprint density at radius 2 is 1.92 bits per heavy atom. The lowest BCUT2D eigenvalue weighted by molar-refractivity contribution is -0.138. The summed E-state index contributed by atoms with van der Waals surface area (Å²) in [7, 11) is 0. The van der Waals surface area contributed by atoms with Gasteiger partial charge in [-0.1, -0.05) is 20.8 Å². The standard InChI is InChI=1S/C9H17NO2/c1-8(2,3)7(11)10-9(4)5-12-6-9/h5-6H2,1-4H3,(H,10,11). The summed E-state index contributed by atoms with van der Waals surface area (Å²) in [4.78, 5) is 11.5. The molecule has 1 N–H and O–H groups in total. The van der Waals surface area contributed by atoms with Crippen molar-refractivity contribution in [3.05, 3.63) is 0 Å². The highest BCUT2D eigenvalue weighted by Gasteiger charge is 2.37. The summed E-state index contributed by atoms with van der Waals surface area (Å²) in [5, 5.41) is 2.97. The Morgan fingerprint density at radius 1 is 1.42 bits per heavy atom. The number of carbonyl (C=O) groups is 1. The molecule has 3 nitrogen and oxygen atoms in total. The maximum absolute atomic E-state index is 11.5. The quantitative estimate of drug-likeness (QED) is 0.637. The van der Waals surface area contributed by atoms with E-state index in [1.165, 1.54) is 0 Å². The first-order valence-corrected chi connectivity index (χ1v) is 4.24. The van der Waals surface area contributed by atoms with E-state index >= 15 is 0 Å². The van der Waals surface area contributed by atoms with E-state index in [1.807, 2.05) is 27.7 Å². The second-order valence-electron chi connectivity index (χ2n) is 4.76. The van der Waals surface area contributed by atoms with Gasteiger partial charge in [-0.05, 0) is 6.92 Å². The van der Waals surface area contributed by atoms with Crippen molar-refractivity contribution < 1.29 is 9.53 Å². The van der Waals surface area contributed by atoms with Gasteiger partial charge in [0.15, 0.2) is 0 Å². The van der Waals surface area contributed by atoms with E-state index in [1.54, 1.807) is 0 Å². The number of amides is 1. The van der Waals surface area contributed by atoms with E-state index in [-0.39, 0.29) is 16.9 Å². The van der Waals surface area contributed by atoms with Crippen LogP contribution in [-0.2, 0) is 9.53 Å². The molecule has 1 amide bonds. The summed E-state index contributed by atoms with van der Waals surface area (Å²) in [6.07, 6.45) is 0. The van der Waals surface area contributed by atoms with Gasteiger partial charge >= 0.3 is 0 Å². The third-order valence-electron chi connectivity index (χ3n) is 1.94. The zero-order chi connectivity index (χ0) is 9.41. The highest BCUT2D eigenvalue weighted by molar-refractivity contribution is 5.82. The predicted molar refractivity (Wildman–Crippen MR) is 46.8 cm³/mol. The molecule has 0 aromatic rings. The summed E-state index contributed by atoms with van der Waals surface area (Å²) in [6.45, 7) is 8.99. The fraction of sp³-hybridized carbons (Fsp3) is 0.889. The molecule has 0 spiro atoms. The van der Waals surface area contributed by atoms with Gasteiger partial charge in [0.25, 0.3) is 0 Å². The number of hydrogen-bond acceptors (Lipinski definition) is 2. The third-order valence-corrected chi connectivity index (χ3v) is 1.94. The van der Waals surface area contributed by atoms with E-state index in [4.69, 9.17) is 4.74 Å². The van der Waals surface area contributed by atoms with Gasteiger partial charge in [-0.25, -0.2) is 0 Å². The van der Waals surface area contributed by atoms with E-state index in [0.29, 0.717) is 13.2 Å². The van der Waals surface area contributed by atoms with Crippen LogP contribution in [0.4, 0.5) is 0 Å². The number of nitrogens with one attached hydrogen (secondary N) is 1. The summed E-state index contributed by atoms with van der Waals surface area (Å²) >= 11 is 0. The predicted octanol–water partition coefficient (Wildman–Crippen LogP) is 0.938. The molecule has 12 heavy (non-hydrogen) atoms. The van der Waals surface area contributed by atoms with Crippen LogP contribution < -0.4 is 5.32 Å². The fourth-order valence-electron chi connectivity index (χ4n) is 0.942. The molecule has 1 heterocycles. The Bertz CT molecular complexity index is 189. The van der Waals surface area contributed by atoms with Gasteiger partial charge in [0.05, 0.1) is 18.8 Å². The lowest BCUT2D eigenvalue weighted by atomic mass is 9.92. The second kappa shape index (κ2) is 2.73. The summed E-state index contributed by atoms with van der Waals surface area (Å²) < 4.78 is 5.04. The van der Waals surface area contributed by atoms with Crippen molar-refractivity contribution in [3.8, 4) is 0 Å². The van der Waals surface area contributed by atoms with Crippen molar-refractivity contribution in [1.82, 2.24) is 5.32 Å². The molecule has 1 aliphatic rings. The molecule has 70 valence electrons. The molecule has 0 aromatic carbocycles. The minimum absolute atomic E-state index is 0.0910. The van der Waals surface area contributed by atoms with E-state index in [0.717, 1.165) is 0 Å². The molecule has 1 rings (SSSR count). The topological polar surface area (TPSA) is 38.3 Å². The molecule has 0 unspecified atom stereocenters. The minimum Gasteiger partial charge on any atom is -0.376 e. The van der Waals surface area contributed by atoms with E-state index in [9.17, 15) is 4.79 Å². The first-order chi connectivity index (χ1) is 5.33. The fourth-order valence-corrected chi connectivity index (χ4v) is 0.942. The summed E-state index contributed by atoms with van der Waals surface area (Å²) in [6, 6.07) is 0. The van der Waals surface area contributed by atoms with Crippen LogP contribution in [0.5, 0.6) is 0 Å². The van der Waals surface area contributed by atoms with Crippen LogP contribution in [0.2, 0.25) is 0 Å². The van der Waals surface area contributed by atoms with Crippen LogP contribution in [0.25, 0.3) is 0 Å². The zero-order valence-corrected chi connectivity index (χ0v) is 8.23. The highest BCUT2D eigenvalue weighted by Crippen LogP contribution is 2.20. The van der Waals surface area contributed by atoms with Crippen molar-refractivity contribution >= 4 is 5.91 Å². The monoisotopic (exact) mass is 171 g/mol. The molecule has 1 fully saturated rings. The summed E-state index contributed by atoms with van der Waals surface area (Å²) in [5.74, 6) is 0.0910. The Labute approximate surface area is 73.5 Å². The third kappa shape index (κ3) is 1.97. The smallest absolute Gasteiger partial charge is 0.225 e. The van der Waals surface area contributed by atoms with Crippen LogP contribution in [0, 0.1) is 5.41 Å². The lowest BCUT2D eigenvalue weighted by Gasteiger charge is -2.40. The Balaban J connectivity index is 2.46. The number of carbonyl (C=O) groups excluding carboxylic acids is 1. The van der Waals surface area contributed by atoms with Crippen LogP contribution >= 0.6 is 0 Å². The molecular weight excluding hydrogens is 154 g/mol. The molecule has 0 atom stereocenters. The Hall–Kier alpha value is -0.570. The first kappa shape index (κ1) is 9.52. The second-order valence-corrected chi connectivity index (χ2v) is 4.76. The van der Waals surface area contributed by atoms with Crippen LogP contribution in [-0.4, -0.2) is 24.7 Å². The van der Waals surface area contributed by atoms with Crippen LogP contribution in [0.15, 0.2) is 0 Å². The molecule has 0 aromatic heterocycles. The molecule has 3 heteroatoms. The lowest BCUT2D eigenvalue weighted by Crippen LogP contribution is -2.61. The minimum atomic E-state index is -0.307. The van der Waals surface area contributed by atoms with Crippen molar-refractivity contribution in [2.24, 2.45) is 5.41 Å². The number of hydrogen-bond donors (Lipinski definition) is 1. The average Bonchev–Trinajstić information content (AvgIpc) is 1.82. The van der Waals surface area contributed by atoms with E-state index in [2.05, 4.69) is 5.32 Å². The van der Waals surface area contributed by atoms with Gasteiger partial charge in [-0.2, -0.15) is 0 Å². The maximum Gasteiger partial charge on any atom is 0.225 e. The number of ether oxygens (including phenoxy) is 1. The zero-order valence-electron chi connectivity index (χ0n) is 8.23. The summed E-state index contributed by atoms with van der Waals surface area (Å²) in [5.41, 5.74) is -0.428. The van der Waals surface area contributed by atoms with Crippen molar-refractivity contribution in [3.63, 3.8) is 0 Å². The highest BCUT2D eigenvalue weighted by atomic mass is 16.5. The van der Waals surface area contributed by atoms with Crippen molar-refractivity contribution in [2.45, 2.75) is 33.2 Å². The number of rotatable bonds is 1. The van der Waals surface area contributed by atoms with Gasteiger partial charge in [-0.3, -0.25) is 4.79 Å². The normalized spacial score (nSPS) is 21.3. The van der Waals surface area contributed by atoms with Crippen molar-refractivity contribution in [2.75, 3.05) is 13.2 Å². The molecule has 0 aliphatic carbocycles. The van der Waals surface area contributed by atoms with Crippen LogP contribution in [0.3, 0.4) is 0 Å². The van der Waals surface area contributed by atoms with Crippen molar-refractivity contribution in [1.29, 1.82) is 0 Å². The van der Waals surface area contributed by atoms with Gasteiger partial charge in [-0.15, -0.1) is 0 Å². The Morgan fingerprint density at radius 3 is 2.17 bits per heavy atom. The molecule has 0 saturated carbocycles. The SMILES string of the molecule is CC1(NC(=O)C(C)(C)C)COC1. The molecule has 0 radical (unpaired) electrons. The van der Waals surface area contributed by atoms with Gasteiger partial charge in [0, 0.05) is 5.41 Å². The Kier molecular flexibility index (Phi) is 2.17. The van der Waals surface area contributed by atoms with Gasteiger partial charge in [0.1, 0.15) is 0 Å². The average molecular weight is 171 g/mol. The molecular formula is C9H17NO2. The van der Waals surface area contributed by atoms with Gasteiger partial charge in [0.2, 0.25) is 5.91 Å². The van der Waals surface area contributed by atoms with Gasteiger partial charge < -0.3 is 10.1 Å². The maximum atomic E-state index is 11.5.